The van der Waals surface area contributed by atoms with E-state index in [4.69, 9.17) is 9.84 Å². The fourth-order valence-electron chi connectivity index (χ4n) is 1.71. The smallest absolute Gasteiger partial charge is 0.337 e. The summed E-state index contributed by atoms with van der Waals surface area (Å²) in [6, 6.07) is 14.0. The van der Waals surface area contributed by atoms with E-state index in [0.717, 1.165) is 5.56 Å². The zero-order chi connectivity index (χ0) is 14.4. The SMILES string of the molecule is COc1ccccc1C=NNc1ccccc1C(=O)O. The van der Waals surface area contributed by atoms with Gasteiger partial charge in [0.25, 0.3) is 0 Å². The summed E-state index contributed by atoms with van der Waals surface area (Å²) in [6.07, 6.45) is 1.58. The molecular formula is C15H14N2O3. The second-order valence-electron chi connectivity index (χ2n) is 3.96. The quantitative estimate of drug-likeness (QED) is 0.647. The van der Waals surface area contributed by atoms with Crippen LogP contribution in [0.5, 0.6) is 5.75 Å². The van der Waals surface area contributed by atoms with E-state index in [1.807, 2.05) is 24.3 Å². The molecule has 2 rings (SSSR count). The highest BCUT2D eigenvalue weighted by atomic mass is 16.5. The lowest BCUT2D eigenvalue weighted by Crippen LogP contribution is -2.02. The first-order valence-electron chi connectivity index (χ1n) is 5.97. The average molecular weight is 270 g/mol. The fourth-order valence-corrected chi connectivity index (χ4v) is 1.71. The Morgan fingerprint density at radius 3 is 2.65 bits per heavy atom. The first-order chi connectivity index (χ1) is 9.72. The van der Waals surface area contributed by atoms with Gasteiger partial charge in [-0.2, -0.15) is 5.10 Å². The summed E-state index contributed by atoms with van der Waals surface area (Å²) in [5.41, 5.74) is 4.14. The van der Waals surface area contributed by atoms with Gasteiger partial charge >= 0.3 is 5.97 Å². The van der Waals surface area contributed by atoms with Gasteiger partial charge in [0.15, 0.2) is 0 Å². The van der Waals surface area contributed by atoms with Gasteiger partial charge in [-0.1, -0.05) is 24.3 Å². The minimum absolute atomic E-state index is 0.171. The Bertz CT molecular complexity index is 639. The number of carboxylic acids is 1. The molecule has 0 saturated carbocycles. The number of methoxy groups -OCH3 is 1. The van der Waals surface area contributed by atoms with Gasteiger partial charge in [0.05, 0.1) is 24.6 Å². The van der Waals surface area contributed by atoms with E-state index in [2.05, 4.69) is 10.5 Å². The van der Waals surface area contributed by atoms with Gasteiger partial charge in [-0.15, -0.1) is 0 Å². The van der Waals surface area contributed by atoms with E-state index in [1.54, 1.807) is 31.5 Å². The first-order valence-corrected chi connectivity index (χ1v) is 5.97. The van der Waals surface area contributed by atoms with Gasteiger partial charge in [0, 0.05) is 5.56 Å². The van der Waals surface area contributed by atoms with Gasteiger partial charge in [-0.05, 0) is 24.3 Å². The van der Waals surface area contributed by atoms with Crippen LogP contribution >= 0.6 is 0 Å². The molecule has 0 spiro atoms. The molecule has 2 N–H and O–H groups in total. The number of aromatic carboxylic acids is 1. The Morgan fingerprint density at radius 1 is 1.20 bits per heavy atom. The third-order valence-corrected chi connectivity index (χ3v) is 2.69. The van der Waals surface area contributed by atoms with E-state index in [9.17, 15) is 4.79 Å². The highest BCUT2D eigenvalue weighted by molar-refractivity contribution is 5.94. The molecule has 5 nitrogen and oxygen atoms in total. The van der Waals surface area contributed by atoms with Crippen LogP contribution in [0.3, 0.4) is 0 Å². The third-order valence-electron chi connectivity index (χ3n) is 2.69. The highest BCUT2D eigenvalue weighted by Gasteiger charge is 2.07. The summed E-state index contributed by atoms with van der Waals surface area (Å²) in [6.45, 7) is 0. The van der Waals surface area contributed by atoms with Gasteiger partial charge in [0.2, 0.25) is 0 Å². The lowest BCUT2D eigenvalue weighted by Gasteiger charge is -2.05. The Labute approximate surface area is 116 Å². The molecule has 5 heteroatoms. The molecular weight excluding hydrogens is 256 g/mol. The average Bonchev–Trinajstić information content (AvgIpc) is 2.48. The summed E-state index contributed by atoms with van der Waals surface area (Å²) < 4.78 is 5.20. The van der Waals surface area contributed by atoms with Crippen molar-refractivity contribution in [2.45, 2.75) is 0 Å². The van der Waals surface area contributed by atoms with Crippen LogP contribution in [0.1, 0.15) is 15.9 Å². The molecule has 2 aromatic carbocycles. The lowest BCUT2D eigenvalue weighted by molar-refractivity contribution is 0.0698. The summed E-state index contributed by atoms with van der Waals surface area (Å²) in [7, 11) is 1.58. The number of ether oxygens (including phenoxy) is 1. The molecule has 0 aliphatic rings. The number of hydrogen-bond donors (Lipinski definition) is 2. The highest BCUT2D eigenvalue weighted by Crippen LogP contribution is 2.16. The normalized spacial score (nSPS) is 10.4. The van der Waals surface area contributed by atoms with E-state index in [-0.39, 0.29) is 5.56 Å². The van der Waals surface area contributed by atoms with Gasteiger partial charge in [0.1, 0.15) is 5.75 Å². The largest absolute Gasteiger partial charge is 0.496 e. The van der Waals surface area contributed by atoms with Crippen molar-refractivity contribution in [2.24, 2.45) is 5.10 Å². The fraction of sp³-hybridized carbons (Fsp3) is 0.0667. The number of anilines is 1. The molecule has 0 aliphatic heterocycles. The Kier molecular flexibility index (Phi) is 4.34. The maximum Gasteiger partial charge on any atom is 0.337 e. The number of benzene rings is 2. The molecule has 2 aromatic rings. The molecule has 0 radical (unpaired) electrons. The lowest BCUT2D eigenvalue weighted by atomic mass is 10.2. The number of rotatable bonds is 5. The molecule has 0 atom stereocenters. The number of carbonyl (C=O) groups is 1. The van der Waals surface area contributed by atoms with Crippen molar-refractivity contribution in [3.8, 4) is 5.75 Å². The van der Waals surface area contributed by atoms with Gasteiger partial charge in [-0.3, -0.25) is 5.43 Å². The Morgan fingerprint density at radius 2 is 1.90 bits per heavy atom. The first kappa shape index (κ1) is 13.6. The minimum atomic E-state index is -0.999. The standard InChI is InChI=1S/C15H14N2O3/c1-20-14-9-5-2-6-11(14)10-16-17-13-8-4-3-7-12(13)15(18)19/h2-10,17H,1H3,(H,18,19). The molecule has 0 bridgehead atoms. The maximum atomic E-state index is 11.0. The number of para-hydroxylation sites is 2. The van der Waals surface area contributed by atoms with Crippen LogP contribution in [0, 0.1) is 0 Å². The van der Waals surface area contributed by atoms with Gasteiger partial charge < -0.3 is 9.84 Å². The van der Waals surface area contributed by atoms with Crippen LogP contribution < -0.4 is 10.2 Å². The predicted molar refractivity (Wildman–Crippen MR) is 77.6 cm³/mol. The molecule has 0 amide bonds. The Balaban J connectivity index is 2.16. The molecule has 20 heavy (non-hydrogen) atoms. The molecule has 0 unspecified atom stereocenters. The molecule has 0 saturated heterocycles. The number of nitrogens with zero attached hydrogens (tertiary/aromatic N) is 1. The van der Waals surface area contributed by atoms with Crippen LogP contribution in [0.15, 0.2) is 53.6 Å². The van der Waals surface area contributed by atoms with Crippen LogP contribution in [-0.4, -0.2) is 24.4 Å². The van der Waals surface area contributed by atoms with E-state index < -0.39 is 5.97 Å². The zero-order valence-electron chi connectivity index (χ0n) is 10.9. The molecule has 0 aliphatic carbocycles. The number of nitrogens with one attached hydrogen (secondary N) is 1. The van der Waals surface area contributed by atoms with Crippen LogP contribution in [0.4, 0.5) is 5.69 Å². The number of carboxylic acid groups (broad SMARTS) is 1. The second-order valence-corrected chi connectivity index (χ2v) is 3.96. The van der Waals surface area contributed by atoms with Crippen molar-refractivity contribution in [2.75, 3.05) is 12.5 Å². The second kappa shape index (κ2) is 6.38. The summed E-state index contributed by atoms with van der Waals surface area (Å²) in [5.74, 6) is -0.301. The minimum Gasteiger partial charge on any atom is -0.496 e. The van der Waals surface area contributed by atoms with Crippen molar-refractivity contribution >= 4 is 17.9 Å². The van der Waals surface area contributed by atoms with E-state index in [0.29, 0.717) is 11.4 Å². The summed E-state index contributed by atoms with van der Waals surface area (Å²) in [4.78, 5) is 11.0. The molecule has 0 fully saturated rings. The number of hydrogen-bond acceptors (Lipinski definition) is 4. The van der Waals surface area contributed by atoms with Crippen molar-refractivity contribution < 1.29 is 14.6 Å². The van der Waals surface area contributed by atoms with Crippen LogP contribution in [-0.2, 0) is 0 Å². The Hall–Kier alpha value is -2.82. The molecule has 102 valence electrons. The van der Waals surface area contributed by atoms with Crippen LogP contribution in [0.2, 0.25) is 0 Å². The van der Waals surface area contributed by atoms with Crippen molar-refractivity contribution in [1.29, 1.82) is 0 Å². The molecule has 0 heterocycles. The maximum absolute atomic E-state index is 11.0. The summed E-state index contributed by atoms with van der Waals surface area (Å²) in [5, 5.41) is 13.1. The molecule has 0 aromatic heterocycles. The van der Waals surface area contributed by atoms with Crippen molar-refractivity contribution in [1.82, 2.24) is 0 Å². The van der Waals surface area contributed by atoms with E-state index >= 15 is 0 Å². The van der Waals surface area contributed by atoms with Crippen molar-refractivity contribution in [3.05, 3.63) is 59.7 Å². The third kappa shape index (κ3) is 3.14. The predicted octanol–water partition coefficient (Wildman–Crippen LogP) is 2.84. The number of hydrazone groups is 1. The monoisotopic (exact) mass is 270 g/mol. The van der Waals surface area contributed by atoms with E-state index in [1.165, 1.54) is 6.07 Å². The summed E-state index contributed by atoms with van der Waals surface area (Å²) >= 11 is 0. The van der Waals surface area contributed by atoms with Crippen molar-refractivity contribution in [3.63, 3.8) is 0 Å². The van der Waals surface area contributed by atoms with Gasteiger partial charge in [-0.25, -0.2) is 4.79 Å². The zero-order valence-corrected chi connectivity index (χ0v) is 10.9. The van der Waals surface area contributed by atoms with Crippen LogP contribution in [0.25, 0.3) is 0 Å². The topological polar surface area (TPSA) is 70.9 Å².